The molecule has 0 aromatic carbocycles. The fourth-order valence-electron chi connectivity index (χ4n) is 0.798. The smallest absolute Gasteiger partial charge is 0.114 e. The molecule has 1 fully saturated rings. The summed E-state index contributed by atoms with van der Waals surface area (Å²) in [6, 6.07) is 0. The van der Waals surface area contributed by atoms with Gasteiger partial charge in [0.15, 0.2) is 0 Å². The third-order valence-corrected chi connectivity index (χ3v) is 1.14. The Morgan fingerprint density at radius 1 is 1.88 bits per heavy atom. The van der Waals surface area contributed by atoms with Crippen molar-refractivity contribution in [3.8, 4) is 0 Å². The van der Waals surface area contributed by atoms with Crippen molar-refractivity contribution < 1.29 is 7.48 Å². The molecular weight excluding hydrogens is 102 g/mol. The van der Waals surface area contributed by atoms with Crippen LogP contribution in [-0.4, -0.2) is 18.4 Å². The topological polar surface area (TPSA) is 21.3 Å². The molecule has 2 heteroatoms. The molecule has 0 aromatic heterocycles. The van der Waals surface area contributed by atoms with E-state index >= 15 is 0 Å². The number of rotatable bonds is 0. The fraction of sp³-hybridized carbons (Fsp3) is 1.00. The Balaban J connectivity index is 2.51. The third-order valence-electron chi connectivity index (χ3n) is 1.14. The lowest BCUT2D eigenvalue weighted by atomic mass is 10.3. The molecule has 1 unspecified atom stereocenters. The van der Waals surface area contributed by atoms with Gasteiger partial charge in [0, 0.05) is 9.29 Å². The van der Waals surface area contributed by atoms with Crippen LogP contribution < -0.4 is 5.32 Å². The summed E-state index contributed by atoms with van der Waals surface area (Å²) in [6.45, 7) is 2.96. The van der Waals surface area contributed by atoms with E-state index in [4.69, 9.17) is 7.48 Å². The molecular formula is C6H13NO. The SMILES string of the molecule is [3H]CC1(C[3H])NCC(C)O1. The van der Waals surface area contributed by atoms with Crippen molar-refractivity contribution in [2.75, 3.05) is 6.54 Å². The number of hydrogen-bond donors (Lipinski definition) is 1. The van der Waals surface area contributed by atoms with Crippen molar-refractivity contribution in [3.63, 3.8) is 0 Å². The lowest BCUT2D eigenvalue weighted by Gasteiger charge is -2.16. The molecule has 1 atom stereocenters. The highest BCUT2D eigenvalue weighted by Crippen LogP contribution is 2.13. The minimum Gasteiger partial charge on any atom is -0.357 e. The van der Waals surface area contributed by atoms with Gasteiger partial charge in [-0.05, 0) is 20.7 Å². The van der Waals surface area contributed by atoms with E-state index in [1.807, 2.05) is 6.92 Å². The molecule has 0 bridgehead atoms. The standard InChI is InChI=1S/C6H13NO/c1-5-4-7-6(2,3)8-5/h5,7H,4H2,1-3H3/i2T,3T. The van der Waals surface area contributed by atoms with E-state index in [1.54, 1.807) is 0 Å². The van der Waals surface area contributed by atoms with E-state index in [2.05, 4.69) is 5.32 Å². The van der Waals surface area contributed by atoms with Crippen LogP contribution >= 0.6 is 0 Å². The molecule has 1 saturated heterocycles. The zero-order chi connectivity index (χ0) is 7.61. The second-order valence-electron chi connectivity index (χ2n) is 2.30. The van der Waals surface area contributed by atoms with Crippen molar-refractivity contribution in [3.05, 3.63) is 0 Å². The van der Waals surface area contributed by atoms with E-state index in [0.717, 1.165) is 6.54 Å². The van der Waals surface area contributed by atoms with Gasteiger partial charge in [-0.1, -0.05) is 0 Å². The van der Waals surface area contributed by atoms with Crippen molar-refractivity contribution in [1.29, 1.82) is 0 Å². The van der Waals surface area contributed by atoms with Gasteiger partial charge >= 0.3 is 0 Å². The van der Waals surface area contributed by atoms with Crippen LogP contribution in [0.2, 0.25) is 0 Å². The first-order valence-corrected chi connectivity index (χ1v) is 2.74. The molecule has 0 spiro atoms. The van der Waals surface area contributed by atoms with Crippen molar-refractivity contribution in [1.82, 2.24) is 5.32 Å². The van der Waals surface area contributed by atoms with Gasteiger partial charge in [-0.3, -0.25) is 5.32 Å². The normalized spacial score (nSPS) is 38.9. The Morgan fingerprint density at radius 2 is 2.62 bits per heavy atom. The van der Waals surface area contributed by atoms with Crippen molar-refractivity contribution in [2.45, 2.75) is 32.6 Å². The van der Waals surface area contributed by atoms with E-state index in [1.165, 1.54) is 0 Å². The summed E-state index contributed by atoms with van der Waals surface area (Å²) >= 11 is 0. The van der Waals surface area contributed by atoms with E-state index in [9.17, 15) is 0 Å². The van der Waals surface area contributed by atoms with Gasteiger partial charge in [0.05, 0.1) is 6.10 Å². The van der Waals surface area contributed by atoms with Gasteiger partial charge in [-0.25, -0.2) is 0 Å². The molecule has 0 amide bonds. The Hall–Kier alpha value is -0.0800. The van der Waals surface area contributed by atoms with Crippen LogP contribution in [0.4, 0.5) is 0 Å². The Bertz CT molecular complexity index is 116. The minimum absolute atomic E-state index is 0.126. The van der Waals surface area contributed by atoms with Crippen LogP contribution in [0.1, 0.15) is 23.5 Å². The summed E-state index contributed by atoms with van der Waals surface area (Å²) in [4.78, 5) is 0. The van der Waals surface area contributed by atoms with E-state index in [-0.39, 0.29) is 19.9 Å². The fourth-order valence-corrected chi connectivity index (χ4v) is 0.798. The molecule has 1 N–H and O–H groups in total. The molecule has 48 valence electrons. The zero-order valence-electron chi connectivity index (χ0n) is 7.11. The quantitative estimate of drug-likeness (QED) is 0.507. The molecule has 8 heavy (non-hydrogen) atoms. The van der Waals surface area contributed by atoms with Crippen LogP contribution in [0.15, 0.2) is 0 Å². The van der Waals surface area contributed by atoms with Gasteiger partial charge < -0.3 is 4.74 Å². The minimum atomic E-state index is -0.667. The first-order valence-electron chi connectivity index (χ1n) is 4.15. The van der Waals surface area contributed by atoms with Gasteiger partial charge in [0.25, 0.3) is 0 Å². The Morgan fingerprint density at radius 3 is 2.88 bits per heavy atom. The third kappa shape index (κ3) is 1.20. The molecule has 2 nitrogen and oxygen atoms in total. The predicted molar refractivity (Wildman–Crippen MR) is 32.6 cm³/mol. The maximum Gasteiger partial charge on any atom is 0.114 e. The summed E-state index contributed by atoms with van der Waals surface area (Å²) in [5, 5.41) is 3.02. The first-order chi connectivity index (χ1) is 4.72. The molecule has 0 aliphatic carbocycles. The highest BCUT2D eigenvalue weighted by molar-refractivity contribution is 4.76. The molecule has 0 aromatic rings. The van der Waals surface area contributed by atoms with Gasteiger partial charge in [-0.2, -0.15) is 0 Å². The molecule has 0 saturated carbocycles. The predicted octanol–water partition coefficient (Wildman–Crippen LogP) is 0.731. The zero-order valence-corrected chi connectivity index (χ0v) is 5.11. The number of hydrogen-bond acceptors (Lipinski definition) is 2. The maximum absolute atomic E-state index is 7.13. The van der Waals surface area contributed by atoms with E-state index in [0.29, 0.717) is 0 Å². The Labute approximate surface area is 53.0 Å². The highest BCUT2D eigenvalue weighted by Gasteiger charge is 2.27. The molecule has 1 aliphatic rings. The second-order valence-corrected chi connectivity index (χ2v) is 2.30. The monoisotopic (exact) mass is 119 g/mol. The molecule has 1 heterocycles. The van der Waals surface area contributed by atoms with Crippen LogP contribution in [0.25, 0.3) is 0 Å². The van der Waals surface area contributed by atoms with Crippen LogP contribution in [0, 0.1) is 0 Å². The van der Waals surface area contributed by atoms with Gasteiger partial charge in [0.2, 0.25) is 0 Å². The van der Waals surface area contributed by atoms with Gasteiger partial charge in [0.1, 0.15) is 5.72 Å². The lowest BCUT2D eigenvalue weighted by molar-refractivity contribution is -0.0153. The summed E-state index contributed by atoms with van der Waals surface area (Å²) in [5.41, 5.74) is -0.667. The van der Waals surface area contributed by atoms with Gasteiger partial charge in [-0.15, -0.1) is 0 Å². The summed E-state index contributed by atoms with van der Waals surface area (Å²) in [6.07, 6.45) is 0.149. The maximum atomic E-state index is 7.13. The van der Waals surface area contributed by atoms with Crippen LogP contribution in [0.5, 0.6) is 0 Å². The average molecular weight is 119 g/mol. The molecule has 1 aliphatic heterocycles. The highest BCUT2D eigenvalue weighted by atomic mass is 16.5. The average Bonchev–Trinajstić information content (AvgIpc) is 2.33. The molecule has 0 radical (unpaired) electrons. The van der Waals surface area contributed by atoms with Crippen molar-refractivity contribution in [2.24, 2.45) is 0 Å². The lowest BCUT2D eigenvalue weighted by Crippen LogP contribution is -2.33. The summed E-state index contributed by atoms with van der Waals surface area (Å²) < 4.78 is 19.6. The molecule has 1 rings (SSSR count). The number of nitrogens with one attached hydrogen (secondary N) is 1. The largest absolute Gasteiger partial charge is 0.357 e. The summed E-state index contributed by atoms with van der Waals surface area (Å²) in [7, 11) is 0. The summed E-state index contributed by atoms with van der Waals surface area (Å²) in [5.74, 6) is 0. The van der Waals surface area contributed by atoms with Crippen LogP contribution in [-0.2, 0) is 4.74 Å². The van der Waals surface area contributed by atoms with Crippen molar-refractivity contribution >= 4 is 0 Å². The Kier molecular flexibility index (Phi) is 0.822. The second kappa shape index (κ2) is 1.71. The number of ether oxygens (including phenoxy) is 1. The van der Waals surface area contributed by atoms with E-state index < -0.39 is 5.72 Å². The van der Waals surface area contributed by atoms with Crippen LogP contribution in [0.3, 0.4) is 0 Å². The first kappa shape index (κ1) is 3.85.